The van der Waals surface area contributed by atoms with Gasteiger partial charge in [-0.1, -0.05) is 70.5 Å². The van der Waals surface area contributed by atoms with Crippen molar-refractivity contribution in [3.05, 3.63) is 93.7 Å². The summed E-state index contributed by atoms with van der Waals surface area (Å²) in [6.45, 7) is 0.0814. The number of carboxylic acids is 1. The Balaban J connectivity index is 1.51. The zero-order valence-electron chi connectivity index (χ0n) is 16.3. The van der Waals surface area contributed by atoms with Crippen molar-refractivity contribution < 1.29 is 23.8 Å². The number of rotatable bonds is 6. The number of hydrogen-bond acceptors (Lipinski definition) is 3. The molecule has 0 aliphatic heterocycles. The lowest BCUT2D eigenvalue weighted by Crippen LogP contribution is -2.32. The maximum absolute atomic E-state index is 14.3. The van der Waals surface area contributed by atoms with Crippen LogP contribution in [-0.4, -0.2) is 23.8 Å². The van der Waals surface area contributed by atoms with E-state index in [1.807, 2.05) is 48.5 Å². The molecule has 3 aromatic carbocycles. The van der Waals surface area contributed by atoms with E-state index in [-0.39, 0.29) is 18.1 Å². The molecule has 7 heteroatoms. The van der Waals surface area contributed by atoms with Gasteiger partial charge in [-0.25, -0.2) is 9.18 Å². The Morgan fingerprint density at radius 3 is 2.19 bits per heavy atom. The number of halogens is 2. The summed E-state index contributed by atoms with van der Waals surface area (Å²) in [6.07, 6.45) is -1.28. The molecule has 1 aliphatic rings. The number of alkyl carbamates (subject to hydrolysis) is 1. The average Bonchev–Trinajstić information content (AvgIpc) is 3.05. The Labute approximate surface area is 187 Å². The van der Waals surface area contributed by atoms with Gasteiger partial charge in [-0.05, 0) is 34.4 Å². The maximum atomic E-state index is 14.3. The lowest BCUT2D eigenvalue weighted by atomic mass is 9.98. The van der Waals surface area contributed by atoms with Crippen LogP contribution >= 0.6 is 15.9 Å². The third kappa shape index (κ3) is 4.32. The topological polar surface area (TPSA) is 75.6 Å². The van der Waals surface area contributed by atoms with Gasteiger partial charge in [0.25, 0.3) is 0 Å². The number of carbonyl (C=O) groups excluding carboxylic acids is 1. The van der Waals surface area contributed by atoms with E-state index in [2.05, 4.69) is 21.2 Å². The van der Waals surface area contributed by atoms with Crippen molar-refractivity contribution in [3.63, 3.8) is 0 Å². The third-order valence-corrected chi connectivity index (χ3v) is 6.05. The van der Waals surface area contributed by atoms with Gasteiger partial charge in [-0.2, -0.15) is 0 Å². The third-order valence-electron chi connectivity index (χ3n) is 5.36. The number of fused-ring (bicyclic) bond motifs is 3. The van der Waals surface area contributed by atoms with Crippen LogP contribution in [-0.2, 0) is 9.53 Å². The molecule has 0 spiro atoms. The second-order valence-corrected chi connectivity index (χ2v) is 8.11. The highest BCUT2D eigenvalue weighted by Gasteiger charge is 2.30. The number of carbonyl (C=O) groups is 2. The first-order valence-corrected chi connectivity index (χ1v) is 10.5. The van der Waals surface area contributed by atoms with Gasteiger partial charge in [-0.3, -0.25) is 4.79 Å². The van der Waals surface area contributed by atoms with Gasteiger partial charge in [0.05, 0.1) is 12.5 Å². The minimum Gasteiger partial charge on any atom is -0.481 e. The van der Waals surface area contributed by atoms with Crippen molar-refractivity contribution in [1.82, 2.24) is 5.32 Å². The molecular formula is C24H19BrFNO4. The lowest BCUT2D eigenvalue weighted by molar-refractivity contribution is -0.137. The summed E-state index contributed by atoms with van der Waals surface area (Å²) in [7, 11) is 0. The van der Waals surface area contributed by atoms with Crippen molar-refractivity contribution in [2.24, 2.45) is 0 Å². The molecule has 0 heterocycles. The standard InChI is InChI=1S/C24H19BrFNO4/c25-19-10-5-11-20(26)23(19)21(12-22(28)29)27-24(30)31-13-18-16-8-3-1-6-14(16)15-7-2-4-9-17(15)18/h1-11,18,21H,12-13H2,(H,27,30)(H,28,29)/t21-/m0/s1. The Hall–Kier alpha value is -3.19. The molecule has 0 fully saturated rings. The molecule has 0 radical (unpaired) electrons. The summed E-state index contributed by atoms with van der Waals surface area (Å²) in [5, 5.41) is 11.7. The van der Waals surface area contributed by atoms with E-state index in [0.717, 1.165) is 22.3 Å². The van der Waals surface area contributed by atoms with Crippen LogP contribution in [0.25, 0.3) is 11.1 Å². The number of amides is 1. The van der Waals surface area contributed by atoms with Crippen LogP contribution < -0.4 is 5.32 Å². The fourth-order valence-corrected chi connectivity index (χ4v) is 4.64. The smallest absolute Gasteiger partial charge is 0.407 e. The van der Waals surface area contributed by atoms with Crippen LogP contribution in [0, 0.1) is 5.82 Å². The van der Waals surface area contributed by atoms with Gasteiger partial charge in [0.1, 0.15) is 12.4 Å². The predicted molar refractivity (Wildman–Crippen MR) is 117 cm³/mol. The highest BCUT2D eigenvalue weighted by Crippen LogP contribution is 2.44. The number of aliphatic carboxylic acids is 1. The van der Waals surface area contributed by atoms with Crippen LogP contribution in [0.2, 0.25) is 0 Å². The van der Waals surface area contributed by atoms with Crippen LogP contribution in [0.5, 0.6) is 0 Å². The minimum absolute atomic E-state index is 0.0680. The van der Waals surface area contributed by atoms with Crippen LogP contribution in [0.15, 0.2) is 71.2 Å². The molecule has 1 aliphatic carbocycles. The van der Waals surface area contributed by atoms with Gasteiger partial charge < -0.3 is 15.2 Å². The highest BCUT2D eigenvalue weighted by atomic mass is 79.9. The van der Waals surface area contributed by atoms with Crippen molar-refractivity contribution in [2.75, 3.05) is 6.61 Å². The normalized spacial score (nSPS) is 13.2. The van der Waals surface area contributed by atoms with Gasteiger partial charge in [0, 0.05) is 16.0 Å². The van der Waals surface area contributed by atoms with Crippen LogP contribution in [0.4, 0.5) is 9.18 Å². The molecule has 4 rings (SSSR count). The summed E-state index contributed by atoms with van der Waals surface area (Å²) in [5.74, 6) is -1.91. The van der Waals surface area contributed by atoms with Crippen molar-refractivity contribution in [2.45, 2.75) is 18.4 Å². The SMILES string of the molecule is O=C(O)C[C@H](NC(=O)OCC1c2ccccc2-c2ccccc21)c1c(F)cccc1Br. The fraction of sp³-hybridized carbons (Fsp3) is 0.167. The van der Waals surface area contributed by atoms with E-state index in [0.29, 0.717) is 4.47 Å². The van der Waals surface area contributed by atoms with E-state index >= 15 is 0 Å². The molecule has 0 saturated carbocycles. The summed E-state index contributed by atoms with van der Waals surface area (Å²) < 4.78 is 20.2. The highest BCUT2D eigenvalue weighted by molar-refractivity contribution is 9.10. The van der Waals surface area contributed by atoms with Crippen molar-refractivity contribution >= 4 is 28.0 Å². The Kier molecular flexibility index (Phi) is 6.04. The van der Waals surface area contributed by atoms with E-state index in [1.54, 1.807) is 6.07 Å². The second kappa shape index (κ2) is 8.89. The second-order valence-electron chi connectivity index (χ2n) is 7.26. The average molecular weight is 484 g/mol. The number of benzene rings is 3. The Morgan fingerprint density at radius 2 is 1.61 bits per heavy atom. The summed E-state index contributed by atoms with van der Waals surface area (Å²) >= 11 is 3.23. The predicted octanol–water partition coefficient (Wildman–Crippen LogP) is 5.64. The molecule has 158 valence electrons. The quantitative estimate of drug-likeness (QED) is 0.475. The minimum atomic E-state index is -1.17. The molecule has 2 N–H and O–H groups in total. The summed E-state index contributed by atoms with van der Waals surface area (Å²) in [5.41, 5.74) is 4.40. The number of ether oxygens (including phenoxy) is 1. The van der Waals surface area contributed by atoms with Gasteiger partial charge in [0.2, 0.25) is 0 Å². The van der Waals surface area contributed by atoms with Crippen molar-refractivity contribution in [1.29, 1.82) is 0 Å². The zero-order chi connectivity index (χ0) is 22.0. The summed E-state index contributed by atoms with van der Waals surface area (Å²) in [6, 6.07) is 19.1. The fourth-order valence-electron chi connectivity index (χ4n) is 4.03. The Morgan fingerprint density at radius 1 is 1.00 bits per heavy atom. The van der Waals surface area contributed by atoms with Crippen molar-refractivity contribution in [3.8, 4) is 11.1 Å². The largest absolute Gasteiger partial charge is 0.481 e. The monoisotopic (exact) mass is 483 g/mol. The molecule has 31 heavy (non-hydrogen) atoms. The molecule has 0 saturated heterocycles. The molecule has 1 atom stereocenters. The first-order valence-electron chi connectivity index (χ1n) is 9.73. The van der Waals surface area contributed by atoms with Crippen LogP contribution in [0.1, 0.15) is 35.1 Å². The number of carboxylic acid groups (broad SMARTS) is 1. The van der Waals surface area contributed by atoms with E-state index in [4.69, 9.17) is 4.74 Å². The molecular weight excluding hydrogens is 465 g/mol. The van der Waals surface area contributed by atoms with Gasteiger partial charge in [-0.15, -0.1) is 0 Å². The lowest BCUT2D eigenvalue weighted by Gasteiger charge is -2.20. The molecule has 1 amide bonds. The van der Waals surface area contributed by atoms with Gasteiger partial charge >= 0.3 is 12.1 Å². The summed E-state index contributed by atoms with van der Waals surface area (Å²) in [4.78, 5) is 23.8. The van der Waals surface area contributed by atoms with E-state index in [1.165, 1.54) is 12.1 Å². The first kappa shape index (κ1) is 21.1. The van der Waals surface area contributed by atoms with E-state index in [9.17, 15) is 19.1 Å². The first-order chi connectivity index (χ1) is 15.0. The Bertz CT molecular complexity index is 1080. The number of hydrogen-bond donors (Lipinski definition) is 2. The molecule has 0 aromatic heterocycles. The molecule has 0 unspecified atom stereocenters. The maximum Gasteiger partial charge on any atom is 0.407 e. The molecule has 3 aromatic rings. The van der Waals surface area contributed by atoms with E-state index < -0.39 is 30.3 Å². The van der Waals surface area contributed by atoms with Crippen LogP contribution in [0.3, 0.4) is 0 Å². The molecule has 0 bridgehead atoms. The molecule has 5 nitrogen and oxygen atoms in total. The number of nitrogens with one attached hydrogen (secondary N) is 1. The zero-order valence-corrected chi connectivity index (χ0v) is 17.9. The van der Waals surface area contributed by atoms with Gasteiger partial charge in [0.15, 0.2) is 0 Å².